The lowest BCUT2D eigenvalue weighted by Gasteiger charge is -2.43. The number of phenolic OH excluding ortho intramolecular Hbond substituents is 1. The summed E-state index contributed by atoms with van der Waals surface area (Å²) in [6.07, 6.45) is 3.15. The molecule has 2 unspecified atom stereocenters. The number of carbonyl (C=O) groups is 5. The standard InChI is InChI=1S/C40H53N5O8/c1-4-52-43-17-9-29(10-18-43)31-12-20-45(34(24-31)35(47)25-46)38(49)36(23-28-21-26(2)37(48)27(3)22-28)53-40(51)42-15-13-32(14-16-42)44-19-11-30-7-5-6-8-33(30)41-39(44)50/h5-8,21-22,25,29,31-32,34,36,48H,4,9-20,23-24H2,1-3H3,(H,41,50)/t31?,34?,36-/m1/s1. The molecule has 4 heterocycles. The molecule has 13 nitrogen and oxygen atoms in total. The summed E-state index contributed by atoms with van der Waals surface area (Å²) in [4.78, 5) is 77.0. The molecule has 0 aromatic heterocycles. The molecule has 2 aromatic rings. The van der Waals surface area contributed by atoms with Crippen LogP contribution in [0.25, 0.3) is 0 Å². The Morgan fingerprint density at radius 3 is 2.30 bits per heavy atom. The van der Waals surface area contributed by atoms with E-state index >= 15 is 0 Å². The van der Waals surface area contributed by atoms with Crippen molar-refractivity contribution in [2.24, 2.45) is 11.8 Å². The number of fused-ring (bicyclic) bond motifs is 1. The van der Waals surface area contributed by atoms with E-state index in [0.29, 0.717) is 80.8 Å². The lowest BCUT2D eigenvalue weighted by molar-refractivity contribution is -0.174. The Morgan fingerprint density at radius 2 is 1.62 bits per heavy atom. The number of ketones is 1. The molecule has 0 aliphatic carbocycles. The number of rotatable bonds is 10. The first-order chi connectivity index (χ1) is 25.6. The summed E-state index contributed by atoms with van der Waals surface area (Å²) in [6, 6.07) is 10.2. The van der Waals surface area contributed by atoms with Crippen molar-refractivity contribution in [1.29, 1.82) is 0 Å². The minimum atomic E-state index is -1.26. The van der Waals surface area contributed by atoms with Gasteiger partial charge in [0.25, 0.3) is 5.91 Å². The average molecular weight is 732 g/mol. The fraction of sp³-hybridized carbons (Fsp3) is 0.575. The summed E-state index contributed by atoms with van der Waals surface area (Å²) in [5.41, 5.74) is 3.86. The molecule has 0 spiro atoms. The molecule has 4 aliphatic heterocycles. The highest BCUT2D eigenvalue weighted by Crippen LogP contribution is 2.36. The topological polar surface area (TPSA) is 149 Å². The van der Waals surface area contributed by atoms with E-state index in [2.05, 4.69) is 5.32 Å². The normalized spacial score (nSPS) is 22.4. The van der Waals surface area contributed by atoms with E-state index in [1.807, 2.05) is 41.2 Å². The number of amides is 4. The highest BCUT2D eigenvalue weighted by molar-refractivity contribution is 6.28. The number of Topliss-reactive ketones (excluding diaryl/α,β-unsaturated/α-hetero) is 1. The van der Waals surface area contributed by atoms with Crippen molar-refractivity contribution in [3.05, 3.63) is 58.7 Å². The van der Waals surface area contributed by atoms with Crippen molar-refractivity contribution in [3.8, 4) is 5.75 Å². The van der Waals surface area contributed by atoms with Gasteiger partial charge >= 0.3 is 12.1 Å². The number of nitrogens with one attached hydrogen (secondary N) is 1. The highest BCUT2D eigenvalue weighted by Gasteiger charge is 2.43. The number of urea groups is 1. The number of ether oxygens (including phenoxy) is 1. The van der Waals surface area contributed by atoms with Crippen LogP contribution in [-0.4, -0.2) is 119 Å². The minimum absolute atomic E-state index is 0.0370. The molecular weight excluding hydrogens is 678 g/mol. The van der Waals surface area contributed by atoms with Gasteiger partial charge in [0.2, 0.25) is 5.78 Å². The van der Waals surface area contributed by atoms with Gasteiger partial charge < -0.3 is 29.9 Å². The summed E-state index contributed by atoms with van der Waals surface area (Å²) in [5, 5.41) is 15.4. The zero-order chi connectivity index (χ0) is 37.6. The van der Waals surface area contributed by atoms with Crippen molar-refractivity contribution in [1.82, 2.24) is 19.8 Å². The second-order valence-electron chi connectivity index (χ2n) is 14.9. The Labute approximate surface area is 311 Å². The molecule has 0 saturated carbocycles. The zero-order valence-electron chi connectivity index (χ0n) is 31.1. The van der Waals surface area contributed by atoms with E-state index in [1.54, 1.807) is 30.9 Å². The van der Waals surface area contributed by atoms with Gasteiger partial charge in [-0.05, 0) is 106 Å². The molecular formula is C40H53N5O8. The highest BCUT2D eigenvalue weighted by atomic mass is 16.7. The largest absolute Gasteiger partial charge is 0.507 e. The van der Waals surface area contributed by atoms with E-state index in [-0.39, 0.29) is 36.7 Å². The summed E-state index contributed by atoms with van der Waals surface area (Å²) in [6.45, 7) is 9.24. The molecule has 13 heteroatoms. The fourth-order valence-electron chi connectivity index (χ4n) is 8.73. The summed E-state index contributed by atoms with van der Waals surface area (Å²) < 4.78 is 6.04. The van der Waals surface area contributed by atoms with Gasteiger partial charge in [-0.25, -0.2) is 9.59 Å². The predicted molar refractivity (Wildman–Crippen MR) is 197 cm³/mol. The van der Waals surface area contributed by atoms with Crippen molar-refractivity contribution in [2.75, 3.05) is 51.2 Å². The van der Waals surface area contributed by atoms with Gasteiger partial charge in [0, 0.05) is 57.4 Å². The monoisotopic (exact) mass is 731 g/mol. The third-order valence-corrected chi connectivity index (χ3v) is 11.6. The fourth-order valence-corrected chi connectivity index (χ4v) is 8.73. The Kier molecular flexibility index (Phi) is 12.3. The number of carbonyl (C=O) groups excluding carboxylic acids is 5. The maximum Gasteiger partial charge on any atom is 0.410 e. The Hall–Kier alpha value is -4.49. The van der Waals surface area contributed by atoms with Crippen LogP contribution in [0.2, 0.25) is 0 Å². The van der Waals surface area contributed by atoms with Crippen LogP contribution in [0.5, 0.6) is 5.75 Å². The predicted octanol–water partition coefficient (Wildman–Crippen LogP) is 4.65. The molecule has 0 bridgehead atoms. The van der Waals surface area contributed by atoms with Gasteiger partial charge in [-0.1, -0.05) is 30.3 Å². The number of para-hydroxylation sites is 1. The first-order valence-corrected chi connectivity index (χ1v) is 19.1. The molecule has 3 saturated heterocycles. The SMILES string of the molecule is CCON1CCC(C2CCN(C(=O)[C@@H](Cc3cc(C)c(O)c(C)c3)OC(=O)N3CCC(N4CCc5ccccc5NC4=O)CC3)C(C(=O)C=O)C2)CC1. The summed E-state index contributed by atoms with van der Waals surface area (Å²) in [5.74, 6) is -0.492. The van der Waals surface area contributed by atoms with Crippen molar-refractivity contribution < 1.29 is 38.7 Å². The zero-order valence-corrected chi connectivity index (χ0v) is 31.1. The average Bonchev–Trinajstić information content (AvgIpc) is 3.34. The maximum absolute atomic E-state index is 14.4. The number of piperidine rings is 3. The first-order valence-electron chi connectivity index (χ1n) is 19.1. The first kappa shape index (κ1) is 38.2. The molecule has 6 rings (SSSR count). The molecule has 3 fully saturated rings. The molecule has 286 valence electrons. The van der Waals surface area contributed by atoms with Crippen molar-refractivity contribution >= 4 is 35.8 Å². The Bertz CT molecular complexity index is 1640. The third kappa shape index (κ3) is 8.84. The number of hydrogen-bond acceptors (Lipinski definition) is 9. The lowest BCUT2D eigenvalue weighted by Crippen LogP contribution is -2.56. The van der Waals surface area contributed by atoms with Crippen molar-refractivity contribution in [3.63, 3.8) is 0 Å². The van der Waals surface area contributed by atoms with Crippen LogP contribution in [0.1, 0.15) is 67.7 Å². The molecule has 53 heavy (non-hydrogen) atoms. The summed E-state index contributed by atoms with van der Waals surface area (Å²) in [7, 11) is 0. The molecule has 0 radical (unpaired) electrons. The Balaban J connectivity index is 1.14. The molecule has 2 aromatic carbocycles. The number of aromatic hydroxyl groups is 1. The van der Waals surface area contributed by atoms with Gasteiger partial charge in [0.1, 0.15) is 5.75 Å². The van der Waals surface area contributed by atoms with Gasteiger partial charge in [0.05, 0.1) is 12.6 Å². The number of likely N-dealkylation sites (tertiary alicyclic amines) is 2. The van der Waals surface area contributed by atoms with Gasteiger partial charge in [-0.15, -0.1) is 0 Å². The quantitative estimate of drug-likeness (QED) is 0.263. The number of anilines is 1. The second-order valence-corrected chi connectivity index (χ2v) is 14.9. The van der Waals surface area contributed by atoms with Crippen LogP contribution >= 0.6 is 0 Å². The number of nitrogens with zero attached hydrogens (tertiary/aromatic N) is 4. The number of phenols is 1. The van der Waals surface area contributed by atoms with Crippen LogP contribution in [0.3, 0.4) is 0 Å². The molecule has 4 aliphatic rings. The van der Waals surface area contributed by atoms with E-state index in [0.717, 1.165) is 43.6 Å². The molecule has 2 N–H and O–H groups in total. The van der Waals surface area contributed by atoms with E-state index in [1.165, 1.54) is 4.90 Å². The number of hydroxylamine groups is 2. The minimum Gasteiger partial charge on any atom is -0.507 e. The number of aryl methyl sites for hydroxylation is 2. The van der Waals surface area contributed by atoms with Gasteiger partial charge in [-0.2, -0.15) is 5.06 Å². The smallest absolute Gasteiger partial charge is 0.410 e. The number of hydrogen-bond donors (Lipinski definition) is 2. The summed E-state index contributed by atoms with van der Waals surface area (Å²) >= 11 is 0. The van der Waals surface area contributed by atoms with Gasteiger partial charge in [0.15, 0.2) is 12.4 Å². The van der Waals surface area contributed by atoms with Crippen LogP contribution in [0, 0.1) is 25.7 Å². The van der Waals surface area contributed by atoms with Crippen molar-refractivity contribution in [2.45, 2.75) is 90.3 Å². The number of aldehydes is 1. The molecule has 3 atom stereocenters. The van der Waals surface area contributed by atoms with E-state index < -0.39 is 29.9 Å². The van der Waals surface area contributed by atoms with E-state index in [9.17, 15) is 29.1 Å². The molecule has 4 amide bonds. The van der Waals surface area contributed by atoms with E-state index in [4.69, 9.17) is 9.57 Å². The lowest BCUT2D eigenvalue weighted by atomic mass is 9.76. The third-order valence-electron chi connectivity index (χ3n) is 11.6. The van der Waals surface area contributed by atoms with Crippen LogP contribution in [0.15, 0.2) is 36.4 Å². The van der Waals surface area contributed by atoms with Gasteiger partial charge in [-0.3, -0.25) is 19.2 Å². The second kappa shape index (κ2) is 17.1. The Morgan fingerprint density at radius 1 is 0.943 bits per heavy atom. The van der Waals surface area contributed by atoms with Crippen LogP contribution in [-0.2, 0) is 36.8 Å². The number of benzene rings is 2. The maximum atomic E-state index is 14.4. The van der Waals surface area contributed by atoms with Crippen LogP contribution in [0.4, 0.5) is 15.3 Å². The van der Waals surface area contributed by atoms with Crippen LogP contribution < -0.4 is 5.32 Å².